The predicted octanol–water partition coefficient (Wildman–Crippen LogP) is 4.07. The van der Waals surface area contributed by atoms with E-state index in [4.69, 9.17) is 17.3 Å². The van der Waals surface area contributed by atoms with Crippen molar-refractivity contribution in [3.05, 3.63) is 51.0 Å². The molecule has 19 heavy (non-hydrogen) atoms. The van der Waals surface area contributed by atoms with Gasteiger partial charge in [0.25, 0.3) is 0 Å². The van der Waals surface area contributed by atoms with E-state index in [1.807, 2.05) is 13.8 Å². The fourth-order valence-corrected chi connectivity index (χ4v) is 2.63. The molecule has 0 saturated heterocycles. The Bertz CT molecular complexity index is 598. The summed E-state index contributed by atoms with van der Waals surface area (Å²) in [6, 6.07) is 4.04. The Labute approximate surface area is 124 Å². The van der Waals surface area contributed by atoms with Crippen LogP contribution >= 0.6 is 27.5 Å². The molecule has 0 fully saturated rings. The van der Waals surface area contributed by atoms with Gasteiger partial charge >= 0.3 is 0 Å². The Morgan fingerprint density at radius 2 is 2.11 bits per heavy atom. The maximum atomic E-state index is 13.9. The first-order valence-electron chi connectivity index (χ1n) is 5.85. The van der Waals surface area contributed by atoms with Gasteiger partial charge < -0.3 is 5.73 Å². The van der Waals surface area contributed by atoms with Crippen LogP contribution in [0.5, 0.6) is 0 Å². The second kappa shape index (κ2) is 5.61. The highest BCUT2D eigenvalue weighted by atomic mass is 79.9. The van der Waals surface area contributed by atoms with E-state index in [-0.39, 0.29) is 6.04 Å². The first-order chi connectivity index (χ1) is 8.91. The van der Waals surface area contributed by atoms with E-state index < -0.39 is 11.9 Å². The van der Waals surface area contributed by atoms with E-state index in [9.17, 15) is 4.39 Å². The molecule has 0 spiro atoms. The maximum absolute atomic E-state index is 13.9. The zero-order valence-electron chi connectivity index (χ0n) is 10.6. The average molecular weight is 347 g/mol. The van der Waals surface area contributed by atoms with Gasteiger partial charge in [-0.2, -0.15) is 5.10 Å². The molecule has 6 heteroatoms. The molecule has 102 valence electrons. The first-order valence-corrected chi connectivity index (χ1v) is 7.02. The van der Waals surface area contributed by atoms with Crippen LogP contribution in [0.2, 0.25) is 5.02 Å². The van der Waals surface area contributed by atoms with E-state index >= 15 is 0 Å². The number of hydrogen-bond acceptors (Lipinski definition) is 2. The third-order valence-electron chi connectivity index (χ3n) is 2.87. The highest BCUT2D eigenvalue weighted by molar-refractivity contribution is 9.10. The molecule has 3 nitrogen and oxygen atoms in total. The van der Waals surface area contributed by atoms with Crippen LogP contribution in [0.4, 0.5) is 4.39 Å². The van der Waals surface area contributed by atoms with Crippen molar-refractivity contribution in [3.8, 4) is 0 Å². The van der Waals surface area contributed by atoms with Gasteiger partial charge in [-0.1, -0.05) is 17.7 Å². The number of nitrogens with zero attached hydrogens (tertiary/aromatic N) is 2. The smallest absolute Gasteiger partial charge is 0.129 e. The van der Waals surface area contributed by atoms with Gasteiger partial charge in [-0.3, -0.25) is 4.68 Å². The second-order valence-electron chi connectivity index (χ2n) is 4.56. The summed E-state index contributed by atoms with van der Waals surface area (Å²) in [4.78, 5) is 0. The van der Waals surface area contributed by atoms with Gasteiger partial charge in [0.1, 0.15) is 5.82 Å². The van der Waals surface area contributed by atoms with E-state index in [0.717, 1.165) is 10.2 Å². The van der Waals surface area contributed by atoms with Crippen molar-refractivity contribution in [1.29, 1.82) is 0 Å². The van der Waals surface area contributed by atoms with E-state index in [0.29, 0.717) is 10.6 Å². The van der Waals surface area contributed by atoms with Gasteiger partial charge in [0, 0.05) is 16.6 Å². The van der Waals surface area contributed by atoms with Crippen molar-refractivity contribution in [2.75, 3.05) is 0 Å². The second-order valence-corrected chi connectivity index (χ2v) is 5.85. The molecular weight excluding hydrogens is 333 g/mol. The van der Waals surface area contributed by atoms with Crippen molar-refractivity contribution in [3.63, 3.8) is 0 Å². The highest BCUT2D eigenvalue weighted by Crippen LogP contribution is 2.30. The van der Waals surface area contributed by atoms with Crippen LogP contribution in [-0.4, -0.2) is 9.78 Å². The number of halogens is 3. The van der Waals surface area contributed by atoms with Crippen molar-refractivity contribution in [1.82, 2.24) is 9.78 Å². The standard InChI is InChI=1S/C13H14BrClFN3/c1-7(2)19-13(10(14)6-18-19)12(17)9-4-3-8(15)5-11(9)16/h3-7,12H,17H2,1-2H3. The molecule has 2 rings (SSSR count). The lowest BCUT2D eigenvalue weighted by Crippen LogP contribution is -2.20. The quantitative estimate of drug-likeness (QED) is 0.910. The molecule has 0 aliphatic rings. The number of rotatable bonds is 3. The molecule has 0 radical (unpaired) electrons. The third-order valence-corrected chi connectivity index (χ3v) is 3.71. The summed E-state index contributed by atoms with van der Waals surface area (Å²) < 4.78 is 16.5. The molecule has 1 unspecified atom stereocenters. The minimum absolute atomic E-state index is 0.141. The summed E-state index contributed by atoms with van der Waals surface area (Å²) in [7, 11) is 0. The lowest BCUT2D eigenvalue weighted by molar-refractivity contribution is 0.493. The maximum Gasteiger partial charge on any atom is 0.129 e. The largest absolute Gasteiger partial charge is 0.319 e. The Kier molecular flexibility index (Phi) is 4.28. The molecule has 0 aliphatic heterocycles. The van der Waals surface area contributed by atoms with E-state index in [2.05, 4.69) is 21.0 Å². The van der Waals surface area contributed by atoms with Gasteiger partial charge in [0.05, 0.1) is 22.4 Å². The van der Waals surface area contributed by atoms with Crippen LogP contribution in [0.3, 0.4) is 0 Å². The van der Waals surface area contributed by atoms with Crippen molar-refractivity contribution >= 4 is 27.5 Å². The molecule has 1 aromatic heterocycles. The molecule has 0 saturated carbocycles. The molecule has 0 aliphatic carbocycles. The van der Waals surface area contributed by atoms with Gasteiger partial charge in [-0.05, 0) is 41.9 Å². The van der Waals surface area contributed by atoms with Crippen molar-refractivity contribution in [2.24, 2.45) is 5.73 Å². The lowest BCUT2D eigenvalue weighted by Gasteiger charge is -2.18. The first kappa shape index (κ1) is 14.5. The summed E-state index contributed by atoms with van der Waals surface area (Å²) >= 11 is 9.16. The summed E-state index contributed by atoms with van der Waals surface area (Å²) in [6.45, 7) is 3.99. The number of hydrogen-bond donors (Lipinski definition) is 1. The normalized spacial score (nSPS) is 13.0. The molecule has 1 aromatic carbocycles. The molecule has 2 N–H and O–H groups in total. The summed E-state index contributed by atoms with van der Waals surface area (Å²) in [5.74, 6) is -0.414. The van der Waals surface area contributed by atoms with Gasteiger partial charge in [0.15, 0.2) is 0 Å². The Balaban J connectivity index is 2.49. The van der Waals surface area contributed by atoms with Crippen LogP contribution in [-0.2, 0) is 0 Å². The topological polar surface area (TPSA) is 43.8 Å². The van der Waals surface area contributed by atoms with Crippen LogP contribution in [0.25, 0.3) is 0 Å². The third kappa shape index (κ3) is 2.83. The van der Waals surface area contributed by atoms with Crippen LogP contribution in [0.15, 0.2) is 28.9 Å². The Morgan fingerprint density at radius 1 is 1.42 bits per heavy atom. The Hall–Kier alpha value is -0.910. The van der Waals surface area contributed by atoms with E-state index in [1.54, 1.807) is 23.0 Å². The number of benzene rings is 1. The van der Waals surface area contributed by atoms with Crippen LogP contribution in [0, 0.1) is 5.82 Å². The van der Waals surface area contributed by atoms with Crippen LogP contribution < -0.4 is 5.73 Å². The molecule has 1 atom stereocenters. The minimum atomic E-state index is -0.600. The van der Waals surface area contributed by atoms with Gasteiger partial charge in [-0.25, -0.2) is 4.39 Å². The summed E-state index contributed by atoms with van der Waals surface area (Å²) in [5.41, 5.74) is 7.32. The van der Waals surface area contributed by atoms with Gasteiger partial charge in [0.2, 0.25) is 0 Å². The zero-order chi connectivity index (χ0) is 14.2. The zero-order valence-corrected chi connectivity index (χ0v) is 12.9. The number of aromatic nitrogens is 2. The highest BCUT2D eigenvalue weighted by Gasteiger charge is 2.22. The molecule has 0 bridgehead atoms. The lowest BCUT2D eigenvalue weighted by atomic mass is 10.0. The monoisotopic (exact) mass is 345 g/mol. The molecule has 0 amide bonds. The van der Waals surface area contributed by atoms with Gasteiger partial charge in [-0.15, -0.1) is 0 Å². The SMILES string of the molecule is CC(C)n1ncc(Br)c1C(N)c1ccc(Cl)cc1F. The van der Waals surface area contributed by atoms with Crippen molar-refractivity contribution in [2.45, 2.75) is 25.9 Å². The average Bonchev–Trinajstić information content (AvgIpc) is 2.70. The Morgan fingerprint density at radius 3 is 2.68 bits per heavy atom. The van der Waals surface area contributed by atoms with Crippen molar-refractivity contribution < 1.29 is 4.39 Å². The van der Waals surface area contributed by atoms with E-state index in [1.165, 1.54) is 6.07 Å². The number of nitrogens with two attached hydrogens (primary N) is 1. The molecule has 2 aromatic rings. The minimum Gasteiger partial charge on any atom is -0.319 e. The summed E-state index contributed by atoms with van der Waals surface area (Å²) in [5, 5.41) is 4.60. The molecule has 1 heterocycles. The summed E-state index contributed by atoms with van der Waals surface area (Å²) in [6.07, 6.45) is 1.67. The molecular formula is C13H14BrClFN3. The fourth-order valence-electron chi connectivity index (χ4n) is 1.95. The van der Waals surface area contributed by atoms with Crippen LogP contribution in [0.1, 0.15) is 37.2 Å². The predicted molar refractivity (Wildman–Crippen MR) is 77.8 cm³/mol. The fraction of sp³-hybridized carbons (Fsp3) is 0.308.